The summed E-state index contributed by atoms with van der Waals surface area (Å²) >= 11 is 0. The second-order valence-electron chi connectivity index (χ2n) is 5.23. The van der Waals surface area contributed by atoms with Gasteiger partial charge in [0.15, 0.2) is 0 Å². The first-order valence-electron chi connectivity index (χ1n) is 6.84. The van der Waals surface area contributed by atoms with Crippen molar-refractivity contribution in [3.8, 4) is 11.5 Å². The van der Waals surface area contributed by atoms with Gasteiger partial charge in [-0.25, -0.2) is 0 Å². The Balaban J connectivity index is 2.37. The quantitative estimate of drug-likeness (QED) is 0.855. The molecule has 1 fully saturated rings. The second-order valence-corrected chi connectivity index (χ2v) is 5.23. The molecule has 20 heavy (non-hydrogen) atoms. The maximum absolute atomic E-state index is 10.8. The van der Waals surface area contributed by atoms with Crippen LogP contribution in [0.4, 0.5) is 0 Å². The van der Waals surface area contributed by atoms with E-state index in [4.69, 9.17) is 19.9 Å². The molecule has 0 bridgehead atoms. The Morgan fingerprint density at radius 3 is 2.75 bits per heavy atom. The maximum atomic E-state index is 10.8. The molecular weight excluding hydrogens is 258 g/mol. The number of nitrogens with two attached hydrogens (primary N) is 1. The zero-order valence-electron chi connectivity index (χ0n) is 12.1. The Morgan fingerprint density at radius 2 is 2.20 bits per heavy atom. The van der Waals surface area contributed by atoms with Crippen LogP contribution in [0.3, 0.4) is 0 Å². The molecule has 3 N–H and O–H groups in total. The lowest BCUT2D eigenvalue weighted by atomic mass is 9.74. The SMILES string of the molecule is COc1ccc(OC)c(C(O)C2(CN)CCCOC2)c1. The summed E-state index contributed by atoms with van der Waals surface area (Å²) in [6.45, 7) is 1.56. The van der Waals surface area contributed by atoms with Gasteiger partial charge in [0.1, 0.15) is 11.5 Å². The van der Waals surface area contributed by atoms with Gasteiger partial charge in [0.2, 0.25) is 0 Å². The monoisotopic (exact) mass is 281 g/mol. The van der Waals surface area contributed by atoms with Crippen molar-refractivity contribution in [3.63, 3.8) is 0 Å². The van der Waals surface area contributed by atoms with Gasteiger partial charge in [-0.15, -0.1) is 0 Å². The zero-order chi connectivity index (χ0) is 14.6. The van der Waals surface area contributed by atoms with Crippen LogP contribution in [0.1, 0.15) is 24.5 Å². The largest absolute Gasteiger partial charge is 0.497 e. The van der Waals surface area contributed by atoms with E-state index in [1.54, 1.807) is 26.4 Å². The van der Waals surface area contributed by atoms with Crippen molar-refractivity contribution in [3.05, 3.63) is 23.8 Å². The molecule has 2 atom stereocenters. The maximum Gasteiger partial charge on any atom is 0.124 e. The number of aliphatic hydroxyl groups excluding tert-OH is 1. The van der Waals surface area contributed by atoms with Crippen LogP contribution in [0.25, 0.3) is 0 Å². The molecule has 0 amide bonds. The minimum atomic E-state index is -0.738. The molecule has 2 rings (SSSR count). The molecule has 112 valence electrons. The molecule has 1 aliphatic heterocycles. The summed E-state index contributed by atoms with van der Waals surface area (Å²) in [5, 5.41) is 10.8. The molecule has 2 unspecified atom stereocenters. The van der Waals surface area contributed by atoms with Crippen LogP contribution in [0.2, 0.25) is 0 Å². The van der Waals surface area contributed by atoms with E-state index >= 15 is 0 Å². The Kier molecular flexibility index (Phi) is 4.86. The summed E-state index contributed by atoms with van der Waals surface area (Å²) in [4.78, 5) is 0. The summed E-state index contributed by atoms with van der Waals surface area (Å²) in [6.07, 6.45) is 1.00. The predicted molar refractivity (Wildman–Crippen MR) is 76.0 cm³/mol. The van der Waals surface area contributed by atoms with E-state index in [1.807, 2.05) is 6.07 Å². The van der Waals surface area contributed by atoms with Crippen molar-refractivity contribution in [2.75, 3.05) is 34.0 Å². The fourth-order valence-corrected chi connectivity index (χ4v) is 2.75. The summed E-state index contributed by atoms with van der Waals surface area (Å²) in [5.74, 6) is 1.32. The molecule has 0 saturated carbocycles. The number of hydrogen-bond acceptors (Lipinski definition) is 5. The lowest BCUT2D eigenvalue weighted by molar-refractivity contribution is -0.0788. The van der Waals surface area contributed by atoms with Crippen LogP contribution in [-0.4, -0.2) is 39.1 Å². The van der Waals surface area contributed by atoms with Gasteiger partial charge in [0.25, 0.3) is 0 Å². The van der Waals surface area contributed by atoms with E-state index in [-0.39, 0.29) is 0 Å². The van der Waals surface area contributed by atoms with E-state index in [0.717, 1.165) is 19.4 Å². The molecular formula is C15H23NO4. The normalized spacial score (nSPS) is 24.2. The number of benzene rings is 1. The summed E-state index contributed by atoms with van der Waals surface area (Å²) in [6, 6.07) is 5.41. The topological polar surface area (TPSA) is 73.9 Å². The second kappa shape index (κ2) is 6.43. The Bertz CT molecular complexity index is 443. The van der Waals surface area contributed by atoms with Gasteiger partial charge in [-0.05, 0) is 31.0 Å². The van der Waals surface area contributed by atoms with Crippen LogP contribution >= 0.6 is 0 Å². The first kappa shape index (κ1) is 15.1. The Labute approximate surface area is 119 Å². The first-order chi connectivity index (χ1) is 9.66. The molecule has 0 radical (unpaired) electrons. The molecule has 1 aromatic rings. The molecule has 1 aromatic carbocycles. The number of aliphatic hydroxyl groups is 1. The highest BCUT2D eigenvalue weighted by atomic mass is 16.5. The van der Waals surface area contributed by atoms with E-state index < -0.39 is 11.5 Å². The number of hydrogen-bond donors (Lipinski definition) is 2. The smallest absolute Gasteiger partial charge is 0.124 e. The van der Waals surface area contributed by atoms with Crippen molar-refractivity contribution in [1.82, 2.24) is 0 Å². The first-order valence-corrected chi connectivity index (χ1v) is 6.84. The van der Waals surface area contributed by atoms with E-state index in [0.29, 0.717) is 30.2 Å². The number of methoxy groups -OCH3 is 2. The van der Waals surface area contributed by atoms with Crippen molar-refractivity contribution in [2.45, 2.75) is 18.9 Å². The standard InChI is InChI=1S/C15H23NO4/c1-18-11-4-5-13(19-2)12(8-11)14(17)15(9-16)6-3-7-20-10-15/h4-5,8,14,17H,3,6-7,9-10,16H2,1-2H3. The van der Waals surface area contributed by atoms with E-state index in [1.165, 1.54) is 0 Å². The van der Waals surface area contributed by atoms with Crippen molar-refractivity contribution < 1.29 is 19.3 Å². The number of ether oxygens (including phenoxy) is 3. The molecule has 5 heteroatoms. The van der Waals surface area contributed by atoms with Crippen LogP contribution < -0.4 is 15.2 Å². The van der Waals surface area contributed by atoms with Crippen molar-refractivity contribution in [1.29, 1.82) is 0 Å². The molecule has 0 spiro atoms. The molecule has 1 aliphatic rings. The van der Waals surface area contributed by atoms with Crippen molar-refractivity contribution in [2.24, 2.45) is 11.1 Å². The Morgan fingerprint density at radius 1 is 1.40 bits per heavy atom. The lowest BCUT2D eigenvalue weighted by Gasteiger charge is -2.40. The van der Waals surface area contributed by atoms with Gasteiger partial charge in [-0.2, -0.15) is 0 Å². The molecule has 1 heterocycles. The summed E-state index contributed by atoms with van der Waals surface area (Å²) in [7, 11) is 3.19. The molecule has 0 aromatic heterocycles. The minimum Gasteiger partial charge on any atom is -0.497 e. The number of rotatable bonds is 5. The highest BCUT2D eigenvalue weighted by Gasteiger charge is 2.40. The predicted octanol–water partition coefficient (Wildman–Crippen LogP) is 1.49. The van der Waals surface area contributed by atoms with Gasteiger partial charge in [-0.3, -0.25) is 0 Å². The molecule has 0 aliphatic carbocycles. The van der Waals surface area contributed by atoms with Gasteiger partial charge in [0, 0.05) is 24.1 Å². The summed E-state index contributed by atoms with van der Waals surface area (Å²) in [5.41, 5.74) is 6.16. The highest BCUT2D eigenvalue weighted by Crippen LogP contribution is 2.43. The van der Waals surface area contributed by atoms with Crippen LogP contribution in [0.5, 0.6) is 11.5 Å². The van der Waals surface area contributed by atoms with Gasteiger partial charge >= 0.3 is 0 Å². The third-order valence-electron chi connectivity index (χ3n) is 4.07. The average molecular weight is 281 g/mol. The van der Waals surface area contributed by atoms with E-state index in [2.05, 4.69) is 0 Å². The van der Waals surface area contributed by atoms with Crippen LogP contribution in [-0.2, 0) is 4.74 Å². The summed E-state index contributed by atoms with van der Waals surface area (Å²) < 4.78 is 16.1. The fraction of sp³-hybridized carbons (Fsp3) is 0.600. The van der Waals surface area contributed by atoms with Crippen LogP contribution in [0.15, 0.2) is 18.2 Å². The molecule has 1 saturated heterocycles. The van der Waals surface area contributed by atoms with Crippen molar-refractivity contribution >= 4 is 0 Å². The van der Waals surface area contributed by atoms with E-state index in [9.17, 15) is 5.11 Å². The zero-order valence-corrected chi connectivity index (χ0v) is 12.1. The average Bonchev–Trinajstić information content (AvgIpc) is 2.54. The lowest BCUT2D eigenvalue weighted by Crippen LogP contribution is -2.43. The third kappa shape index (κ3) is 2.75. The van der Waals surface area contributed by atoms with Gasteiger partial charge < -0.3 is 25.1 Å². The molecule has 5 nitrogen and oxygen atoms in total. The van der Waals surface area contributed by atoms with Gasteiger partial charge in [-0.1, -0.05) is 0 Å². The highest BCUT2D eigenvalue weighted by molar-refractivity contribution is 5.42. The fourth-order valence-electron chi connectivity index (χ4n) is 2.75. The minimum absolute atomic E-state index is 0.370. The third-order valence-corrected chi connectivity index (χ3v) is 4.07. The van der Waals surface area contributed by atoms with Crippen LogP contribution in [0, 0.1) is 5.41 Å². The van der Waals surface area contributed by atoms with Gasteiger partial charge in [0.05, 0.1) is 26.9 Å². The Hall–Kier alpha value is -1.30.